The number of carbonyl (C=O) groups excluding carboxylic acids is 2. The number of rotatable bonds is 5. The van der Waals surface area contributed by atoms with Crippen LogP contribution in [0, 0.1) is 23.7 Å². The van der Waals surface area contributed by atoms with Gasteiger partial charge in [0.2, 0.25) is 0 Å². The van der Waals surface area contributed by atoms with Crippen LogP contribution < -0.4 is 0 Å². The molecule has 0 bridgehead atoms. The average Bonchev–Trinajstić information content (AvgIpc) is 2.41. The number of hydrogen-bond donors (Lipinski definition) is 1. The molecule has 2 fully saturated rings. The van der Waals surface area contributed by atoms with E-state index in [-0.39, 0.29) is 30.4 Å². The van der Waals surface area contributed by atoms with Crippen molar-refractivity contribution in [3.63, 3.8) is 0 Å². The Morgan fingerprint density at radius 3 is 1.67 bits per heavy atom. The summed E-state index contributed by atoms with van der Waals surface area (Å²) < 4.78 is 14.1. The third-order valence-electron chi connectivity index (χ3n) is 4.20. The number of methoxy groups -OCH3 is 3. The summed E-state index contributed by atoms with van der Waals surface area (Å²) >= 11 is 0. The van der Waals surface area contributed by atoms with Crippen LogP contribution in [0.3, 0.4) is 0 Å². The lowest BCUT2D eigenvalue weighted by Crippen LogP contribution is -2.33. The van der Waals surface area contributed by atoms with Crippen LogP contribution in [-0.2, 0) is 23.8 Å². The second-order valence-electron chi connectivity index (χ2n) is 5.75. The largest absolute Gasteiger partial charge is 0.469 e. The van der Waals surface area contributed by atoms with Crippen molar-refractivity contribution in [3.05, 3.63) is 0 Å². The Kier molecular flexibility index (Phi) is 7.67. The number of aliphatic hydroxyl groups excluding tert-OH is 1. The number of ether oxygens (including phenoxy) is 3. The fourth-order valence-electron chi connectivity index (χ4n) is 2.71. The van der Waals surface area contributed by atoms with Crippen molar-refractivity contribution in [1.82, 2.24) is 0 Å². The van der Waals surface area contributed by atoms with Crippen LogP contribution in [-0.4, -0.2) is 51.6 Å². The second-order valence-corrected chi connectivity index (χ2v) is 5.75. The van der Waals surface area contributed by atoms with E-state index in [4.69, 9.17) is 9.84 Å². The summed E-state index contributed by atoms with van der Waals surface area (Å²) in [5.74, 6) is 0.901. The van der Waals surface area contributed by atoms with Crippen LogP contribution in [0.15, 0.2) is 0 Å². The van der Waals surface area contributed by atoms with Crippen molar-refractivity contribution < 1.29 is 28.9 Å². The van der Waals surface area contributed by atoms with Crippen LogP contribution in [0.1, 0.15) is 25.7 Å². The molecule has 2 saturated carbocycles. The lowest BCUT2D eigenvalue weighted by Gasteiger charge is -2.32. The van der Waals surface area contributed by atoms with Crippen molar-refractivity contribution in [2.75, 3.05) is 34.5 Å². The van der Waals surface area contributed by atoms with Crippen LogP contribution in [0.5, 0.6) is 0 Å². The van der Waals surface area contributed by atoms with Crippen molar-refractivity contribution >= 4 is 11.9 Å². The van der Waals surface area contributed by atoms with Gasteiger partial charge in [-0.15, -0.1) is 0 Å². The minimum Gasteiger partial charge on any atom is -0.469 e. The zero-order valence-corrected chi connectivity index (χ0v) is 13.0. The normalized spacial score (nSPS) is 30.1. The number of hydrogen-bond acceptors (Lipinski definition) is 6. The standard InChI is InChI=1S/C8H14O3.C7H12O3/c1-10-5-6-3-7(4-6)8(9)11-2;1-10-7(9)6-2-5(3-6)4-8/h6-7H,3-5H2,1-2H3;5-6,8H,2-4H2,1H3. The summed E-state index contributed by atoms with van der Waals surface area (Å²) in [6.45, 7) is 0.973. The van der Waals surface area contributed by atoms with E-state index in [1.807, 2.05) is 0 Å². The predicted octanol–water partition coefficient (Wildman–Crippen LogP) is 1.01. The molecular formula is C15H26O6. The van der Waals surface area contributed by atoms with Crippen LogP contribution in [0.2, 0.25) is 0 Å². The van der Waals surface area contributed by atoms with E-state index in [1.165, 1.54) is 14.2 Å². The Hall–Kier alpha value is -1.14. The molecule has 122 valence electrons. The lowest BCUT2D eigenvalue weighted by atomic mass is 9.75. The molecule has 2 rings (SSSR count). The van der Waals surface area contributed by atoms with Gasteiger partial charge >= 0.3 is 11.9 Å². The van der Waals surface area contributed by atoms with Crippen LogP contribution >= 0.6 is 0 Å². The lowest BCUT2D eigenvalue weighted by molar-refractivity contribution is -0.151. The number of carbonyl (C=O) groups is 2. The first-order valence-corrected chi connectivity index (χ1v) is 7.31. The molecule has 6 heteroatoms. The first-order valence-electron chi connectivity index (χ1n) is 7.31. The zero-order valence-electron chi connectivity index (χ0n) is 13.0. The number of esters is 2. The van der Waals surface area contributed by atoms with E-state index in [1.54, 1.807) is 7.11 Å². The minimum atomic E-state index is -0.135. The van der Waals surface area contributed by atoms with Gasteiger partial charge in [-0.1, -0.05) is 0 Å². The Bertz CT molecular complexity index is 331. The second kappa shape index (κ2) is 9.00. The zero-order chi connectivity index (χ0) is 15.8. The van der Waals surface area contributed by atoms with Crippen molar-refractivity contribution in [3.8, 4) is 0 Å². The van der Waals surface area contributed by atoms with Gasteiger partial charge in [-0.25, -0.2) is 0 Å². The van der Waals surface area contributed by atoms with Crippen molar-refractivity contribution in [2.24, 2.45) is 23.7 Å². The summed E-state index contributed by atoms with van der Waals surface area (Å²) in [5, 5.41) is 8.61. The molecule has 0 radical (unpaired) electrons. The topological polar surface area (TPSA) is 82.1 Å². The quantitative estimate of drug-likeness (QED) is 0.763. The monoisotopic (exact) mass is 302 g/mol. The molecule has 0 amide bonds. The van der Waals surface area contributed by atoms with Gasteiger partial charge in [0.15, 0.2) is 0 Å². The van der Waals surface area contributed by atoms with E-state index in [2.05, 4.69) is 9.47 Å². The van der Waals surface area contributed by atoms with E-state index >= 15 is 0 Å². The molecule has 0 atom stereocenters. The van der Waals surface area contributed by atoms with E-state index < -0.39 is 0 Å². The smallest absolute Gasteiger partial charge is 0.308 e. The molecule has 0 spiro atoms. The molecule has 0 saturated heterocycles. The summed E-state index contributed by atoms with van der Waals surface area (Å²) in [4.78, 5) is 21.6. The highest BCUT2D eigenvalue weighted by atomic mass is 16.5. The maximum Gasteiger partial charge on any atom is 0.308 e. The Balaban J connectivity index is 0.000000211. The third kappa shape index (κ3) is 5.28. The Morgan fingerprint density at radius 2 is 1.33 bits per heavy atom. The van der Waals surface area contributed by atoms with Gasteiger partial charge in [0, 0.05) is 20.3 Å². The summed E-state index contributed by atoms with van der Waals surface area (Å²) in [6, 6.07) is 0. The first kappa shape index (κ1) is 17.9. The van der Waals surface area contributed by atoms with E-state index in [9.17, 15) is 9.59 Å². The van der Waals surface area contributed by atoms with Gasteiger partial charge in [0.1, 0.15) is 0 Å². The fraction of sp³-hybridized carbons (Fsp3) is 0.867. The van der Waals surface area contributed by atoms with Gasteiger partial charge in [-0.3, -0.25) is 9.59 Å². The predicted molar refractivity (Wildman–Crippen MR) is 75.4 cm³/mol. The summed E-state index contributed by atoms with van der Waals surface area (Å²) in [6.07, 6.45) is 3.45. The van der Waals surface area contributed by atoms with Crippen molar-refractivity contribution in [2.45, 2.75) is 25.7 Å². The van der Waals surface area contributed by atoms with Gasteiger partial charge < -0.3 is 19.3 Å². The first-order chi connectivity index (χ1) is 10.0. The minimum absolute atomic E-state index is 0.0575. The molecule has 21 heavy (non-hydrogen) atoms. The van der Waals surface area contributed by atoms with Crippen molar-refractivity contribution in [1.29, 1.82) is 0 Å². The van der Waals surface area contributed by atoms with Crippen LogP contribution in [0.4, 0.5) is 0 Å². The van der Waals surface area contributed by atoms with Gasteiger partial charge in [-0.2, -0.15) is 0 Å². The highest BCUT2D eigenvalue weighted by Gasteiger charge is 2.35. The highest BCUT2D eigenvalue weighted by Crippen LogP contribution is 2.34. The Morgan fingerprint density at radius 1 is 0.905 bits per heavy atom. The number of aliphatic hydroxyl groups is 1. The van der Waals surface area contributed by atoms with E-state index in [0.29, 0.717) is 11.8 Å². The molecule has 2 aliphatic carbocycles. The van der Waals surface area contributed by atoms with Gasteiger partial charge in [-0.05, 0) is 37.5 Å². The maximum atomic E-state index is 10.9. The molecule has 0 aromatic heterocycles. The molecule has 1 N–H and O–H groups in total. The molecule has 0 aromatic rings. The third-order valence-corrected chi connectivity index (χ3v) is 4.20. The molecule has 2 aliphatic rings. The Labute approximate surface area is 125 Å². The maximum absolute atomic E-state index is 10.9. The highest BCUT2D eigenvalue weighted by molar-refractivity contribution is 5.73. The van der Waals surface area contributed by atoms with Crippen LogP contribution in [0.25, 0.3) is 0 Å². The van der Waals surface area contributed by atoms with E-state index in [0.717, 1.165) is 32.3 Å². The molecule has 0 aliphatic heterocycles. The fourth-order valence-corrected chi connectivity index (χ4v) is 2.71. The SMILES string of the molecule is COC(=O)C1CC(CO)C1.COCC1CC(C(=O)OC)C1. The average molecular weight is 302 g/mol. The summed E-state index contributed by atoms with van der Waals surface area (Å²) in [5.41, 5.74) is 0. The molecule has 0 unspecified atom stereocenters. The molecule has 0 heterocycles. The molecule has 0 aromatic carbocycles. The molecular weight excluding hydrogens is 276 g/mol. The summed E-state index contributed by atoms with van der Waals surface area (Å²) in [7, 11) is 4.52. The molecule has 6 nitrogen and oxygen atoms in total. The van der Waals surface area contributed by atoms with Gasteiger partial charge in [0.25, 0.3) is 0 Å². The van der Waals surface area contributed by atoms with Gasteiger partial charge in [0.05, 0.1) is 26.1 Å².